The summed E-state index contributed by atoms with van der Waals surface area (Å²) in [7, 11) is 0. The number of hydrogen-bond acceptors (Lipinski definition) is 10. The van der Waals surface area contributed by atoms with Crippen molar-refractivity contribution in [1.82, 2.24) is 45.3 Å². The first-order valence-corrected chi connectivity index (χ1v) is 20.5. The Labute approximate surface area is 351 Å². The van der Waals surface area contributed by atoms with E-state index in [4.69, 9.17) is 14.7 Å². The standard InChI is InChI=1S/C45H45N9O7/c1-5-37-50-40(36-23-52(24(2)55)15-16-53(36)37)27-8-6-7-25-17-33(47-20-30(25)27)26-9-12-32(46-19-26)42(58)48-21-39(57)49-34-18-45(3,4)61-41-29(34)11-10-28-31(41)22-54(44(28)60)35-13-14-38(56)51-43(35)59/h6-12,17,19-20,34-35H,5,13-16,18,21-23H2,1-4H3,(H,48,58)(H,49,57)(H,51,56,59). The van der Waals surface area contributed by atoms with Crippen LogP contribution in [0.4, 0.5) is 0 Å². The number of benzene rings is 2. The summed E-state index contributed by atoms with van der Waals surface area (Å²) in [6.07, 6.45) is 5.00. The average Bonchev–Trinajstić information content (AvgIpc) is 3.79. The molecule has 61 heavy (non-hydrogen) atoms. The van der Waals surface area contributed by atoms with Gasteiger partial charge in [-0.1, -0.05) is 31.2 Å². The quantitative estimate of drug-likeness (QED) is 0.193. The van der Waals surface area contributed by atoms with E-state index in [0.29, 0.717) is 59.8 Å². The molecule has 0 aliphatic carbocycles. The van der Waals surface area contributed by atoms with Gasteiger partial charge in [0.25, 0.3) is 11.8 Å². The van der Waals surface area contributed by atoms with E-state index < -0.39 is 35.4 Å². The molecular formula is C45H45N9O7. The second kappa shape index (κ2) is 15.2. The molecule has 4 aliphatic heterocycles. The number of hydrogen-bond donors (Lipinski definition) is 3. The number of fused-ring (bicyclic) bond motifs is 5. The number of pyridine rings is 2. The third-order valence-electron chi connectivity index (χ3n) is 12.1. The first-order chi connectivity index (χ1) is 29.3. The van der Waals surface area contributed by atoms with Crippen LogP contribution in [0, 0.1) is 0 Å². The predicted molar refractivity (Wildman–Crippen MR) is 222 cm³/mol. The highest BCUT2D eigenvalue weighted by molar-refractivity contribution is 6.06. The zero-order valence-electron chi connectivity index (χ0n) is 34.3. The number of carbonyl (C=O) groups is 6. The molecule has 2 unspecified atom stereocenters. The molecule has 6 amide bonds. The van der Waals surface area contributed by atoms with Crippen LogP contribution < -0.4 is 20.7 Å². The Morgan fingerprint density at radius 1 is 0.984 bits per heavy atom. The molecule has 0 spiro atoms. The summed E-state index contributed by atoms with van der Waals surface area (Å²) in [5.41, 5.74) is 5.37. The van der Waals surface area contributed by atoms with E-state index in [2.05, 4.69) is 32.4 Å². The Morgan fingerprint density at radius 2 is 1.82 bits per heavy atom. The van der Waals surface area contributed by atoms with Gasteiger partial charge in [-0.15, -0.1) is 0 Å². The van der Waals surface area contributed by atoms with Crippen molar-refractivity contribution in [3.8, 4) is 28.3 Å². The monoisotopic (exact) mass is 823 g/mol. The minimum absolute atomic E-state index is 0.0400. The van der Waals surface area contributed by atoms with E-state index >= 15 is 0 Å². The van der Waals surface area contributed by atoms with Crippen molar-refractivity contribution in [2.24, 2.45) is 0 Å². The molecule has 0 bridgehead atoms. The molecule has 16 heteroatoms. The topological polar surface area (TPSA) is 198 Å². The lowest BCUT2D eigenvalue weighted by molar-refractivity contribution is -0.137. The Balaban J connectivity index is 0.862. The number of carbonyl (C=O) groups excluding carboxylic acids is 6. The van der Waals surface area contributed by atoms with Crippen LogP contribution in [0.25, 0.3) is 33.3 Å². The molecule has 0 radical (unpaired) electrons. The molecule has 9 rings (SSSR count). The first kappa shape index (κ1) is 39.5. The van der Waals surface area contributed by atoms with Crippen molar-refractivity contribution in [3.63, 3.8) is 0 Å². The molecule has 312 valence electrons. The summed E-state index contributed by atoms with van der Waals surface area (Å²) in [5.74, 6) is -0.590. The van der Waals surface area contributed by atoms with Crippen LogP contribution in [-0.2, 0) is 45.2 Å². The molecule has 7 heterocycles. The highest BCUT2D eigenvalue weighted by Gasteiger charge is 2.44. The fourth-order valence-electron chi connectivity index (χ4n) is 8.98. The molecule has 4 aliphatic rings. The number of aromatic nitrogens is 4. The maximum absolute atomic E-state index is 13.4. The molecule has 3 N–H and O–H groups in total. The van der Waals surface area contributed by atoms with Crippen molar-refractivity contribution < 1.29 is 33.5 Å². The van der Waals surface area contributed by atoms with Crippen LogP contribution in [0.15, 0.2) is 60.9 Å². The van der Waals surface area contributed by atoms with Crippen LogP contribution in [0.2, 0.25) is 0 Å². The van der Waals surface area contributed by atoms with E-state index in [1.807, 2.05) is 49.2 Å². The number of imide groups is 1. The number of aryl methyl sites for hydroxylation is 1. The van der Waals surface area contributed by atoms with Gasteiger partial charge >= 0.3 is 0 Å². The maximum atomic E-state index is 13.4. The van der Waals surface area contributed by atoms with Crippen molar-refractivity contribution in [1.29, 1.82) is 0 Å². The lowest BCUT2D eigenvalue weighted by Crippen LogP contribution is -2.52. The molecule has 2 aromatic carbocycles. The highest BCUT2D eigenvalue weighted by atomic mass is 16.5. The summed E-state index contributed by atoms with van der Waals surface area (Å²) in [6, 6.07) is 13.6. The zero-order valence-corrected chi connectivity index (χ0v) is 34.3. The van der Waals surface area contributed by atoms with Gasteiger partial charge in [0.1, 0.15) is 28.9 Å². The minimum Gasteiger partial charge on any atom is -0.487 e. The number of ether oxygens (including phenoxy) is 1. The highest BCUT2D eigenvalue weighted by Crippen LogP contribution is 2.45. The molecular weight excluding hydrogens is 779 g/mol. The van der Waals surface area contributed by atoms with Crippen LogP contribution in [0.3, 0.4) is 0 Å². The number of imidazole rings is 1. The SMILES string of the molecule is CCc1nc(-c2cccc3cc(-c4ccc(C(=O)NCC(=O)NC5CC(C)(C)Oc6c5ccc5c6CN(C6CCC(=O)NC6=O)C5=O)nc4)ncc23)c2n1CCN(C(C)=O)C2. The normalized spacial score (nSPS) is 19.1. The smallest absolute Gasteiger partial charge is 0.270 e. The Hall–Kier alpha value is -6.97. The summed E-state index contributed by atoms with van der Waals surface area (Å²) in [4.78, 5) is 94.0. The summed E-state index contributed by atoms with van der Waals surface area (Å²) in [5, 5.41) is 9.91. The van der Waals surface area contributed by atoms with Crippen molar-refractivity contribution in [2.75, 3.05) is 13.1 Å². The van der Waals surface area contributed by atoms with Gasteiger partial charge in [-0.2, -0.15) is 0 Å². The number of nitrogens with one attached hydrogen (secondary N) is 3. The lowest BCUT2D eigenvalue weighted by atomic mass is 9.87. The van der Waals surface area contributed by atoms with E-state index in [9.17, 15) is 28.8 Å². The third-order valence-corrected chi connectivity index (χ3v) is 12.1. The largest absolute Gasteiger partial charge is 0.487 e. The second-order valence-electron chi connectivity index (χ2n) is 16.6. The molecule has 1 saturated heterocycles. The molecule has 2 atom stereocenters. The number of piperidine rings is 1. The van der Waals surface area contributed by atoms with Crippen LogP contribution in [0.1, 0.15) is 96.5 Å². The molecule has 5 aromatic rings. The van der Waals surface area contributed by atoms with Gasteiger partial charge in [0.05, 0.1) is 42.8 Å². The lowest BCUT2D eigenvalue weighted by Gasteiger charge is -2.39. The van der Waals surface area contributed by atoms with Crippen molar-refractivity contribution >= 4 is 46.2 Å². The van der Waals surface area contributed by atoms with Crippen LogP contribution >= 0.6 is 0 Å². The van der Waals surface area contributed by atoms with Gasteiger partial charge in [0.15, 0.2) is 0 Å². The van der Waals surface area contributed by atoms with Crippen molar-refractivity contribution in [2.45, 2.75) is 90.7 Å². The van der Waals surface area contributed by atoms with Gasteiger partial charge < -0.3 is 29.7 Å². The number of nitrogens with zero attached hydrogens (tertiary/aromatic N) is 6. The summed E-state index contributed by atoms with van der Waals surface area (Å²) < 4.78 is 8.63. The molecule has 1 fully saturated rings. The van der Waals surface area contributed by atoms with Crippen molar-refractivity contribution in [3.05, 3.63) is 94.8 Å². The number of rotatable bonds is 8. The van der Waals surface area contributed by atoms with E-state index in [-0.39, 0.29) is 49.3 Å². The van der Waals surface area contributed by atoms with Gasteiger partial charge in [0, 0.05) is 84.9 Å². The molecule has 3 aromatic heterocycles. The molecule has 16 nitrogen and oxygen atoms in total. The maximum Gasteiger partial charge on any atom is 0.270 e. The fourth-order valence-corrected chi connectivity index (χ4v) is 8.98. The van der Waals surface area contributed by atoms with Gasteiger partial charge in [0.2, 0.25) is 23.6 Å². The zero-order chi connectivity index (χ0) is 42.7. The van der Waals surface area contributed by atoms with Crippen LogP contribution in [-0.4, -0.2) is 89.5 Å². The summed E-state index contributed by atoms with van der Waals surface area (Å²) in [6.45, 7) is 9.17. The van der Waals surface area contributed by atoms with Crippen LogP contribution in [0.5, 0.6) is 5.75 Å². The summed E-state index contributed by atoms with van der Waals surface area (Å²) >= 11 is 0. The molecule has 0 saturated carbocycles. The van der Waals surface area contributed by atoms with E-state index in [0.717, 1.165) is 40.0 Å². The van der Waals surface area contributed by atoms with Gasteiger partial charge in [-0.3, -0.25) is 44.1 Å². The number of amides is 6. The Bertz CT molecular complexity index is 2690. The predicted octanol–water partition coefficient (Wildman–Crippen LogP) is 3.99. The minimum atomic E-state index is -0.768. The van der Waals surface area contributed by atoms with E-state index in [1.165, 1.54) is 4.90 Å². The van der Waals surface area contributed by atoms with Gasteiger partial charge in [-0.25, -0.2) is 4.98 Å². The Morgan fingerprint density at radius 3 is 2.57 bits per heavy atom. The average molecular weight is 824 g/mol. The fraction of sp³-hybridized carbons (Fsp3) is 0.356. The third kappa shape index (κ3) is 7.25. The first-order valence-electron chi connectivity index (χ1n) is 20.5. The van der Waals surface area contributed by atoms with E-state index in [1.54, 1.807) is 37.4 Å². The second-order valence-corrected chi connectivity index (χ2v) is 16.6. The Kier molecular flexibility index (Phi) is 9.87. The van der Waals surface area contributed by atoms with Gasteiger partial charge in [-0.05, 0) is 49.9 Å².